The second-order valence-corrected chi connectivity index (χ2v) is 4.75. The molecule has 7 heteroatoms. The van der Waals surface area contributed by atoms with Gasteiger partial charge in [-0.1, -0.05) is 0 Å². The molecule has 102 valence electrons. The number of aromatic nitrogens is 3. The van der Waals surface area contributed by atoms with E-state index in [0.29, 0.717) is 21.8 Å². The molecule has 2 aromatic heterocycles. The Balaban J connectivity index is 2.31. The molecule has 0 unspecified atom stereocenters. The van der Waals surface area contributed by atoms with Gasteiger partial charge in [0, 0.05) is 6.54 Å². The number of anilines is 1. The average Bonchev–Trinajstić information content (AvgIpc) is 2.69. The minimum Gasteiger partial charge on any atom is -0.490 e. The van der Waals surface area contributed by atoms with E-state index in [1.807, 2.05) is 20.8 Å². The van der Waals surface area contributed by atoms with Gasteiger partial charge >= 0.3 is 0 Å². The number of hydrogen-bond acceptors (Lipinski definition) is 7. The third-order valence-electron chi connectivity index (χ3n) is 2.51. The van der Waals surface area contributed by atoms with Gasteiger partial charge in [0.25, 0.3) is 5.22 Å². The number of oxazole rings is 1. The summed E-state index contributed by atoms with van der Waals surface area (Å²) >= 11 is 1.32. The lowest BCUT2D eigenvalue weighted by Gasteiger charge is -2.10. The van der Waals surface area contributed by atoms with Crippen LogP contribution in [0.15, 0.2) is 21.0 Å². The van der Waals surface area contributed by atoms with Crippen molar-refractivity contribution in [3.63, 3.8) is 0 Å². The van der Waals surface area contributed by atoms with Crippen LogP contribution in [0.1, 0.15) is 18.4 Å². The van der Waals surface area contributed by atoms with Crippen molar-refractivity contribution in [1.82, 2.24) is 15.0 Å². The smallest absolute Gasteiger partial charge is 0.262 e. The zero-order chi connectivity index (χ0) is 13.8. The highest BCUT2D eigenvalue weighted by atomic mass is 32.2. The van der Waals surface area contributed by atoms with Gasteiger partial charge in [-0.25, -0.2) is 15.0 Å². The molecule has 0 fully saturated rings. The molecule has 0 saturated carbocycles. The molecular weight excluding hydrogens is 264 g/mol. The number of aryl methyl sites for hydroxylation is 2. The van der Waals surface area contributed by atoms with Gasteiger partial charge in [-0.2, -0.15) is 0 Å². The largest absolute Gasteiger partial charge is 0.490 e. The van der Waals surface area contributed by atoms with Crippen molar-refractivity contribution in [2.75, 3.05) is 19.0 Å². The van der Waals surface area contributed by atoms with E-state index in [4.69, 9.17) is 9.15 Å². The molecule has 0 aliphatic heterocycles. The maximum atomic E-state index is 5.53. The van der Waals surface area contributed by atoms with Crippen molar-refractivity contribution in [3.8, 4) is 5.75 Å². The normalized spacial score (nSPS) is 10.5. The molecule has 0 aliphatic rings. The minimum atomic E-state index is 0.550. The van der Waals surface area contributed by atoms with Crippen LogP contribution < -0.4 is 10.1 Å². The summed E-state index contributed by atoms with van der Waals surface area (Å²) in [5, 5.41) is 4.36. The Kier molecular flexibility index (Phi) is 4.26. The van der Waals surface area contributed by atoms with Crippen LogP contribution in [0.5, 0.6) is 5.75 Å². The topological polar surface area (TPSA) is 73.1 Å². The first kappa shape index (κ1) is 13.7. The molecule has 0 saturated heterocycles. The Labute approximate surface area is 116 Å². The highest BCUT2D eigenvalue weighted by Crippen LogP contribution is 2.36. The molecule has 6 nitrogen and oxygen atoms in total. The Hall–Kier alpha value is -1.76. The lowest BCUT2D eigenvalue weighted by atomic mass is 10.4. The monoisotopic (exact) mass is 280 g/mol. The molecule has 0 aliphatic carbocycles. The molecule has 2 aromatic rings. The molecule has 0 atom stereocenters. The van der Waals surface area contributed by atoms with Crippen molar-refractivity contribution in [1.29, 1.82) is 0 Å². The Bertz CT molecular complexity index is 551. The van der Waals surface area contributed by atoms with E-state index in [1.54, 1.807) is 7.11 Å². The Morgan fingerprint density at radius 3 is 2.74 bits per heavy atom. The summed E-state index contributed by atoms with van der Waals surface area (Å²) < 4.78 is 10.9. The van der Waals surface area contributed by atoms with E-state index in [-0.39, 0.29) is 0 Å². The number of rotatable bonds is 5. The molecule has 0 bridgehead atoms. The molecule has 2 rings (SSSR count). The van der Waals surface area contributed by atoms with Gasteiger partial charge in [0.2, 0.25) is 0 Å². The van der Waals surface area contributed by atoms with Crippen molar-refractivity contribution in [3.05, 3.63) is 17.8 Å². The minimum absolute atomic E-state index is 0.550. The van der Waals surface area contributed by atoms with Crippen LogP contribution in [0.25, 0.3) is 0 Å². The van der Waals surface area contributed by atoms with Crippen LogP contribution in [0.3, 0.4) is 0 Å². The first-order valence-corrected chi connectivity index (χ1v) is 6.72. The summed E-state index contributed by atoms with van der Waals surface area (Å²) in [4.78, 5) is 12.7. The van der Waals surface area contributed by atoms with Crippen molar-refractivity contribution < 1.29 is 9.15 Å². The van der Waals surface area contributed by atoms with E-state index in [0.717, 1.165) is 18.0 Å². The van der Waals surface area contributed by atoms with E-state index in [1.165, 1.54) is 18.1 Å². The van der Waals surface area contributed by atoms with Gasteiger partial charge in [-0.05, 0) is 32.5 Å². The third kappa shape index (κ3) is 2.98. The number of nitrogens with one attached hydrogen (secondary N) is 1. The van der Waals surface area contributed by atoms with Gasteiger partial charge in [-0.15, -0.1) is 0 Å². The van der Waals surface area contributed by atoms with Crippen molar-refractivity contribution in [2.24, 2.45) is 0 Å². The summed E-state index contributed by atoms with van der Waals surface area (Å²) in [6.45, 7) is 6.54. The van der Waals surface area contributed by atoms with Gasteiger partial charge in [0.05, 0.1) is 12.8 Å². The van der Waals surface area contributed by atoms with Crippen LogP contribution in [0.4, 0.5) is 5.82 Å². The fourth-order valence-electron chi connectivity index (χ4n) is 1.48. The fourth-order valence-corrected chi connectivity index (χ4v) is 2.36. The number of methoxy groups -OCH3 is 1. The van der Waals surface area contributed by atoms with E-state index < -0.39 is 0 Å². The lowest BCUT2D eigenvalue weighted by Crippen LogP contribution is -2.03. The van der Waals surface area contributed by atoms with Crippen molar-refractivity contribution in [2.45, 2.75) is 31.0 Å². The highest BCUT2D eigenvalue weighted by Gasteiger charge is 2.16. The summed E-state index contributed by atoms with van der Waals surface area (Å²) in [5.74, 6) is 2.08. The van der Waals surface area contributed by atoms with E-state index in [9.17, 15) is 0 Å². The van der Waals surface area contributed by atoms with E-state index >= 15 is 0 Å². The number of ether oxygens (including phenoxy) is 1. The van der Waals surface area contributed by atoms with Gasteiger partial charge in [0.1, 0.15) is 12.1 Å². The number of nitrogens with zero attached hydrogens (tertiary/aromatic N) is 3. The Morgan fingerprint density at radius 2 is 2.16 bits per heavy atom. The Morgan fingerprint density at radius 1 is 1.37 bits per heavy atom. The first-order valence-electron chi connectivity index (χ1n) is 5.90. The van der Waals surface area contributed by atoms with Crippen LogP contribution >= 0.6 is 11.8 Å². The molecule has 0 aromatic carbocycles. The van der Waals surface area contributed by atoms with Crippen LogP contribution in [0, 0.1) is 13.8 Å². The summed E-state index contributed by atoms with van der Waals surface area (Å²) in [5.41, 5.74) is 0.877. The van der Waals surface area contributed by atoms with Gasteiger partial charge < -0.3 is 14.5 Å². The van der Waals surface area contributed by atoms with Gasteiger partial charge in [0.15, 0.2) is 16.6 Å². The zero-order valence-corrected chi connectivity index (χ0v) is 12.2. The van der Waals surface area contributed by atoms with E-state index in [2.05, 4.69) is 20.3 Å². The molecule has 0 spiro atoms. The second kappa shape index (κ2) is 5.92. The average molecular weight is 280 g/mol. The molecule has 19 heavy (non-hydrogen) atoms. The van der Waals surface area contributed by atoms with Gasteiger partial charge in [-0.3, -0.25) is 0 Å². The molecular formula is C12H16N4O2S. The molecule has 2 heterocycles. The fraction of sp³-hybridized carbons (Fsp3) is 0.417. The van der Waals surface area contributed by atoms with Crippen LogP contribution in [0.2, 0.25) is 0 Å². The molecule has 1 N–H and O–H groups in total. The molecule has 0 amide bonds. The number of hydrogen-bond donors (Lipinski definition) is 1. The summed E-state index contributed by atoms with van der Waals surface area (Å²) in [6, 6.07) is 0. The predicted molar refractivity (Wildman–Crippen MR) is 72.8 cm³/mol. The standard InChI is InChI=1S/C12H16N4O2S/c1-5-13-10-9(17-4)11(15-6-14-10)19-12-16-7(2)8(3)18-12/h6H,5H2,1-4H3,(H,13,14,15). The lowest BCUT2D eigenvalue weighted by molar-refractivity contribution is 0.398. The van der Waals surface area contributed by atoms with Crippen LogP contribution in [-0.4, -0.2) is 28.6 Å². The SMILES string of the molecule is CCNc1ncnc(Sc2nc(C)c(C)o2)c1OC. The zero-order valence-electron chi connectivity index (χ0n) is 11.4. The van der Waals surface area contributed by atoms with Crippen LogP contribution in [-0.2, 0) is 0 Å². The summed E-state index contributed by atoms with van der Waals surface area (Å²) in [7, 11) is 1.59. The van der Waals surface area contributed by atoms with Crippen molar-refractivity contribution >= 4 is 17.6 Å². The highest BCUT2D eigenvalue weighted by molar-refractivity contribution is 7.99. The maximum Gasteiger partial charge on any atom is 0.262 e. The summed E-state index contributed by atoms with van der Waals surface area (Å²) in [6.07, 6.45) is 1.49. The third-order valence-corrected chi connectivity index (χ3v) is 3.35. The predicted octanol–water partition coefficient (Wildman–Crippen LogP) is 2.67. The quantitative estimate of drug-likeness (QED) is 0.844. The second-order valence-electron chi connectivity index (χ2n) is 3.81. The first-order chi connectivity index (χ1) is 9.15. The maximum absolute atomic E-state index is 5.53. The molecule has 0 radical (unpaired) electrons.